The van der Waals surface area contributed by atoms with Gasteiger partial charge in [-0.3, -0.25) is 4.79 Å². The zero-order valence-electron chi connectivity index (χ0n) is 17.5. The third kappa shape index (κ3) is 6.01. The molecule has 9 heteroatoms. The average molecular weight is 481 g/mol. The second-order valence-corrected chi connectivity index (χ2v) is 8.91. The maximum Gasteiger partial charge on any atom is 0.257 e. The van der Waals surface area contributed by atoms with Gasteiger partial charge >= 0.3 is 0 Å². The molecule has 2 aromatic carbocycles. The minimum Gasteiger partial charge on any atom is -0.483 e. The van der Waals surface area contributed by atoms with Crippen LogP contribution in [0.25, 0.3) is 10.2 Å². The second kappa shape index (κ2) is 11.3. The first-order valence-corrected chi connectivity index (χ1v) is 11.5. The number of nitrogens with one attached hydrogen (secondary N) is 1. The lowest BCUT2D eigenvalue weighted by molar-refractivity contribution is -0.111. The van der Waals surface area contributed by atoms with Crippen molar-refractivity contribution in [3.05, 3.63) is 57.6 Å². The quantitative estimate of drug-likeness (QED) is 0.459. The van der Waals surface area contributed by atoms with Gasteiger partial charge in [0, 0.05) is 18.0 Å². The minimum absolute atomic E-state index is 0.00724. The van der Waals surface area contributed by atoms with Crippen molar-refractivity contribution in [3.8, 4) is 5.75 Å². The van der Waals surface area contributed by atoms with Gasteiger partial charge in [-0.25, -0.2) is 13.8 Å². The van der Waals surface area contributed by atoms with Crippen molar-refractivity contribution >= 4 is 45.3 Å². The van der Waals surface area contributed by atoms with Gasteiger partial charge in [0.1, 0.15) is 29.3 Å². The van der Waals surface area contributed by atoms with Gasteiger partial charge in [-0.1, -0.05) is 30.9 Å². The average Bonchev–Trinajstić information content (AvgIpc) is 3.21. The van der Waals surface area contributed by atoms with E-state index in [0.717, 1.165) is 41.5 Å². The number of nitrogens with zero attached hydrogens (tertiary/aromatic N) is 1. The van der Waals surface area contributed by atoms with E-state index in [9.17, 15) is 18.4 Å². The molecule has 0 saturated heterocycles. The van der Waals surface area contributed by atoms with E-state index in [-0.39, 0.29) is 12.4 Å². The Morgan fingerprint density at radius 1 is 1.25 bits per heavy atom. The number of fused-ring (bicyclic) bond motifs is 1. The molecule has 1 heterocycles. The normalized spacial score (nSPS) is 13.9. The predicted molar refractivity (Wildman–Crippen MR) is 121 cm³/mol. The van der Waals surface area contributed by atoms with Crippen molar-refractivity contribution < 1.29 is 23.1 Å². The predicted octanol–water partition coefficient (Wildman–Crippen LogP) is 5.93. The second-order valence-electron chi connectivity index (χ2n) is 7.36. The molecule has 0 atom stereocenters. The summed E-state index contributed by atoms with van der Waals surface area (Å²) in [4.78, 5) is 26.1. The van der Waals surface area contributed by atoms with Crippen LogP contribution in [0.15, 0.2) is 30.3 Å². The number of rotatable bonds is 5. The largest absolute Gasteiger partial charge is 0.483 e. The number of aldehydes is 1. The van der Waals surface area contributed by atoms with Crippen LogP contribution >= 0.6 is 22.9 Å². The highest BCUT2D eigenvalue weighted by atomic mass is 35.5. The monoisotopic (exact) mass is 480 g/mol. The van der Waals surface area contributed by atoms with Crippen molar-refractivity contribution in [2.75, 3.05) is 7.05 Å². The molecule has 1 N–H and O–H groups in total. The molecule has 32 heavy (non-hydrogen) atoms. The van der Waals surface area contributed by atoms with Crippen LogP contribution in [0.3, 0.4) is 0 Å². The Morgan fingerprint density at radius 3 is 2.66 bits per heavy atom. The summed E-state index contributed by atoms with van der Waals surface area (Å²) >= 11 is 7.29. The van der Waals surface area contributed by atoms with Gasteiger partial charge in [0.25, 0.3) is 5.91 Å². The fourth-order valence-electron chi connectivity index (χ4n) is 3.40. The Kier molecular flexibility index (Phi) is 8.53. The van der Waals surface area contributed by atoms with Crippen molar-refractivity contribution in [1.82, 2.24) is 10.3 Å². The number of benzene rings is 2. The number of halogens is 3. The van der Waals surface area contributed by atoms with Crippen molar-refractivity contribution in [1.29, 1.82) is 0 Å². The molecular weight excluding hydrogens is 458 g/mol. The third-order valence-electron chi connectivity index (χ3n) is 5.10. The lowest BCUT2D eigenvalue weighted by atomic mass is 9.91. The third-order valence-corrected chi connectivity index (χ3v) is 6.34. The van der Waals surface area contributed by atoms with Gasteiger partial charge in [-0.15, -0.1) is 11.3 Å². The molecular formula is C23H23ClF2N2O3S. The molecule has 1 saturated carbocycles. The fraction of sp³-hybridized carbons (Fsp3) is 0.348. The summed E-state index contributed by atoms with van der Waals surface area (Å²) in [6, 6.07) is 7.43. The van der Waals surface area contributed by atoms with E-state index < -0.39 is 23.1 Å². The fourth-order valence-corrected chi connectivity index (χ4v) is 4.43. The summed E-state index contributed by atoms with van der Waals surface area (Å²) in [5, 5.41) is 3.37. The van der Waals surface area contributed by atoms with E-state index in [1.165, 1.54) is 37.6 Å². The van der Waals surface area contributed by atoms with Crippen LogP contribution in [0.4, 0.5) is 8.78 Å². The molecule has 0 radical (unpaired) electrons. The zero-order valence-corrected chi connectivity index (χ0v) is 19.1. The van der Waals surface area contributed by atoms with E-state index in [0.29, 0.717) is 15.9 Å². The van der Waals surface area contributed by atoms with Crippen molar-refractivity contribution in [2.45, 2.75) is 38.7 Å². The lowest BCUT2D eigenvalue weighted by Crippen LogP contribution is -2.21. The first-order chi connectivity index (χ1) is 15.4. The number of ether oxygens (including phenoxy) is 1. The number of carbonyl (C=O) groups is 2. The minimum atomic E-state index is -1.04. The Balaban J connectivity index is 0.000000305. The highest BCUT2D eigenvalue weighted by Gasteiger charge is 2.20. The van der Waals surface area contributed by atoms with Crippen molar-refractivity contribution in [2.24, 2.45) is 5.92 Å². The highest BCUT2D eigenvalue weighted by molar-refractivity contribution is 7.18. The van der Waals surface area contributed by atoms with E-state index in [1.807, 2.05) is 6.07 Å². The van der Waals surface area contributed by atoms with Crippen LogP contribution in [0.1, 0.15) is 47.5 Å². The lowest BCUT2D eigenvalue weighted by Gasteiger charge is -2.14. The SMILES string of the molecule is CNC(=O)c1c(F)ccc(OCc2nc3cc(Cl)ccc3s2)c1F.O=CC1CCCCC1. The molecule has 1 fully saturated rings. The topological polar surface area (TPSA) is 68.3 Å². The van der Waals surface area contributed by atoms with E-state index in [4.69, 9.17) is 16.3 Å². The van der Waals surface area contributed by atoms with Crippen LogP contribution in [-0.2, 0) is 11.4 Å². The Morgan fingerprint density at radius 2 is 2.00 bits per heavy atom. The van der Waals surface area contributed by atoms with Gasteiger partial charge in [-0.2, -0.15) is 0 Å². The molecule has 0 spiro atoms. The smallest absolute Gasteiger partial charge is 0.257 e. The number of carbonyl (C=O) groups excluding carboxylic acids is 2. The molecule has 3 aromatic rings. The highest BCUT2D eigenvalue weighted by Crippen LogP contribution is 2.28. The van der Waals surface area contributed by atoms with E-state index in [1.54, 1.807) is 12.1 Å². The molecule has 1 amide bonds. The molecule has 5 nitrogen and oxygen atoms in total. The summed E-state index contributed by atoms with van der Waals surface area (Å²) in [5.41, 5.74) is 0.0443. The summed E-state index contributed by atoms with van der Waals surface area (Å²) in [7, 11) is 1.29. The molecule has 1 aliphatic carbocycles. The Hall–Kier alpha value is -2.58. The first-order valence-electron chi connectivity index (χ1n) is 10.3. The Labute approximate surface area is 193 Å². The number of hydrogen-bond donors (Lipinski definition) is 1. The number of aromatic nitrogens is 1. The number of thiazole rings is 1. The van der Waals surface area contributed by atoms with Gasteiger partial charge in [0.15, 0.2) is 11.6 Å². The maximum atomic E-state index is 14.3. The van der Waals surface area contributed by atoms with Crippen LogP contribution in [0.5, 0.6) is 5.75 Å². The first kappa shape index (κ1) is 24.1. The molecule has 1 aromatic heterocycles. The van der Waals surface area contributed by atoms with Crippen molar-refractivity contribution in [3.63, 3.8) is 0 Å². The molecule has 4 rings (SSSR count). The Bertz CT molecular complexity index is 1100. The zero-order chi connectivity index (χ0) is 23.1. The van der Waals surface area contributed by atoms with Crippen LogP contribution in [0.2, 0.25) is 5.02 Å². The summed E-state index contributed by atoms with van der Waals surface area (Å²) < 4.78 is 34.2. The van der Waals surface area contributed by atoms with Crippen LogP contribution < -0.4 is 10.1 Å². The van der Waals surface area contributed by atoms with Crippen LogP contribution in [-0.4, -0.2) is 24.2 Å². The van der Waals surface area contributed by atoms with E-state index >= 15 is 0 Å². The number of amides is 1. The molecule has 0 unspecified atom stereocenters. The van der Waals surface area contributed by atoms with Crippen LogP contribution in [0, 0.1) is 17.6 Å². The number of hydrogen-bond acceptors (Lipinski definition) is 5. The molecule has 1 aliphatic rings. The summed E-state index contributed by atoms with van der Waals surface area (Å²) in [6.45, 7) is -0.00724. The summed E-state index contributed by atoms with van der Waals surface area (Å²) in [6.07, 6.45) is 7.27. The molecule has 0 bridgehead atoms. The maximum absolute atomic E-state index is 14.3. The molecule has 0 aliphatic heterocycles. The summed E-state index contributed by atoms with van der Waals surface area (Å²) in [5.74, 6) is -2.66. The van der Waals surface area contributed by atoms with Gasteiger partial charge in [0.05, 0.1) is 10.2 Å². The van der Waals surface area contributed by atoms with Gasteiger partial charge < -0.3 is 14.8 Å². The van der Waals surface area contributed by atoms with Gasteiger partial charge in [0.2, 0.25) is 0 Å². The van der Waals surface area contributed by atoms with E-state index in [2.05, 4.69) is 10.3 Å². The van der Waals surface area contributed by atoms with Gasteiger partial charge in [-0.05, 0) is 43.2 Å². The molecule has 170 valence electrons. The standard InChI is InChI=1S/C16H11ClF2N2O2S.C7H12O/c1-20-16(22)14-9(18)3-4-11(15(14)19)23-7-13-21-10-6-8(17)2-5-12(10)24-13;8-6-7-4-2-1-3-5-7/h2-6H,7H2,1H3,(H,20,22);6-7H,1-5H2.